The van der Waals surface area contributed by atoms with Gasteiger partial charge in [-0.2, -0.15) is 0 Å². The lowest BCUT2D eigenvalue weighted by molar-refractivity contribution is -0.113. The van der Waals surface area contributed by atoms with Crippen LogP contribution in [0.25, 0.3) is 10.2 Å². The van der Waals surface area contributed by atoms with Crippen LogP contribution in [0, 0.1) is 13.8 Å². The Labute approximate surface area is 187 Å². The van der Waals surface area contributed by atoms with Crippen LogP contribution < -0.4 is 15.6 Å². The van der Waals surface area contributed by atoms with Crippen LogP contribution in [0.4, 0.5) is 5.69 Å². The number of amides is 1. The van der Waals surface area contributed by atoms with Crippen molar-refractivity contribution < 1.29 is 9.53 Å². The molecule has 0 saturated heterocycles. The van der Waals surface area contributed by atoms with E-state index in [4.69, 9.17) is 4.74 Å². The largest absolute Gasteiger partial charge is 0.457 e. The highest BCUT2D eigenvalue weighted by Crippen LogP contribution is 2.28. The van der Waals surface area contributed by atoms with Crippen LogP contribution in [-0.2, 0) is 11.8 Å². The number of rotatable bonds is 6. The molecule has 0 fully saturated rings. The summed E-state index contributed by atoms with van der Waals surface area (Å²) in [4.78, 5) is 31.5. The molecule has 8 heteroatoms. The van der Waals surface area contributed by atoms with E-state index in [1.807, 2.05) is 44.2 Å². The summed E-state index contributed by atoms with van der Waals surface area (Å²) in [5, 5.41) is 4.05. The molecule has 0 atom stereocenters. The highest BCUT2D eigenvalue weighted by atomic mass is 32.2. The second-order valence-corrected chi connectivity index (χ2v) is 9.14. The van der Waals surface area contributed by atoms with E-state index in [9.17, 15) is 9.59 Å². The molecular weight excluding hydrogens is 430 g/mol. The van der Waals surface area contributed by atoms with E-state index in [1.54, 1.807) is 31.3 Å². The first kappa shape index (κ1) is 21.1. The molecule has 4 aromatic rings. The maximum absolute atomic E-state index is 12.7. The van der Waals surface area contributed by atoms with Gasteiger partial charge in [-0.3, -0.25) is 14.2 Å². The molecule has 2 aromatic heterocycles. The zero-order valence-electron chi connectivity index (χ0n) is 17.3. The number of aromatic nitrogens is 2. The molecule has 1 amide bonds. The number of carbonyl (C=O) groups is 1. The summed E-state index contributed by atoms with van der Waals surface area (Å²) >= 11 is 2.75. The molecule has 31 heavy (non-hydrogen) atoms. The van der Waals surface area contributed by atoms with E-state index < -0.39 is 0 Å². The monoisotopic (exact) mass is 451 g/mol. The van der Waals surface area contributed by atoms with Crippen molar-refractivity contribution in [2.75, 3.05) is 11.1 Å². The zero-order chi connectivity index (χ0) is 22.0. The van der Waals surface area contributed by atoms with Gasteiger partial charge in [-0.1, -0.05) is 30.0 Å². The van der Waals surface area contributed by atoms with Gasteiger partial charge in [0.2, 0.25) is 5.91 Å². The summed E-state index contributed by atoms with van der Waals surface area (Å²) in [7, 11) is 1.69. The second kappa shape index (κ2) is 8.95. The number of para-hydroxylation sites is 1. The Morgan fingerprint density at radius 2 is 1.77 bits per heavy atom. The van der Waals surface area contributed by atoms with E-state index in [2.05, 4.69) is 10.3 Å². The van der Waals surface area contributed by atoms with Gasteiger partial charge in [0.15, 0.2) is 5.16 Å². The number of carbonyl (C=O) groups excluding carboxylic acids is 1. The van der Waals surface area contributed by atoms with Crippen molar-refractivity contribution >= 4 is 44.9 Å². The number of hydrogen-bond donors (Lipinski definition) is 1. The summed E-state index contributed by atoms with van der Waals surface area (Å²) in [5.74, 6) is 1.42. The van der Waals surface area contributed by atoms with Crippen LogP contribution >= 0.6 is 23.1 Å². The van der Waals surface area contributed by atoms with Gasteiger partial charge in [0.25, 0.3) is 5.56 Å². The van der Waals surface area contributed by atoms with Gasteiger partial charge >= 0.3 is 0 Å². The molecule has 0 saturated carbocycles. The predicted molar refractivity (Wildman–Crippen MR) is 127 cm³/mol. The number of anilines is 1. The molecule has 4 rings (SSSR count). The summed E-state index contributed by atoms with van der Waals surface area (Å²) in [6.07, 6.45) is 0. The van der Waals surface area contributed by atoms with Gasteiger partial charge in [0, 0.05) is 17.6 Å². The molecule has 1 N–H and O–H groups in total. The summed E-state index contributed by atoms with van der Waals surface area (Å²) < 4.78 is 7.27. The second-order valence-electron chi connectivity index (χ2n) is 7.00. The highest BCUT2D eigenvalue weighted by Gasteiger charge is 2.15. The van der Waals surface area contributed by atoms with E-state index in [0.717, 1.165) is 21.0 Å². The molecule has 2 heterocycles. The lowest BCUT2D eigenvalue weighted by atomic mass is 10.2. The number of fused-ring (bicyclic) bond motifs is 1. The van der Waals surface area contributed by atoms with E-state index in [-0.39, 0.29) is 17.2 Å². The fourth-order valence-corrected chi connectivity index (χ4v) is 4.89. The topological polar surface area (TPSA) is 73.2 Å². The average Bonchev–Trinajstić information content (AvgIpc) is 3.05. The molecular formula is C23H21N3O3S2. The Bertz CT molecular complexity index is 1300. The molecule has 158 valence electrons. The van der Waals surface area contributed by atoms with Crippen molar-refractivity contribution in [3.63, 3.8) is 0 Å². The smallest absolute Gasteiger partial charge is 0.262 e. The van der Waals surface area contributed by atoms with Crippen LogP contribution in [-0.4, -0.2) is 21.2 Å². The molecule has 0 aliphatic carbocycles. The van der Waals surface area contributed by atoms with Crippen LogP contribution in [0.2, 0.25) is 0 Å². The van der Waals surface area contributed by atoms with Crippen molar-refractivity contribution in [1.82, 2.24) is 9.55 Å². The molecule has 0 bridgehead atoms. The molecule has 0 unspecified atom stereocenters. The van der Waals surface area contributed by atoms with Crippen molar-refractivity contribution in [2.45, 2.75) is 19.0 Å². The Hall–Kier alpha value is -3.10. The fraction of sp³-hybridized carbons (Fsp3) is 0.174. The third-order valence-electron chi connectivity index (χ3n) is 4.82. The number of nitrogens with zero attached hydrogens (tertiary/aromatic N) is 2. The number of ether oxygens (including phenoxy) is 1. The Kier molecular flexibility index (Phi) is 6.11. The normalized spacial score (nSPS) is 10.9. The first-order chi connectivity index (χ1) is 14.9. The molecule has 0 radical (unpaired) electrons. The number of thiophene rings is 1. The molecule has 0 aliphatic rings. The van der Waals surface area contributed by atoms with Crippen molar-refractivity contribution in [2.24, 2.45) is 7.05 Å². The van der Waals surface area contributed by atoms with Gasteiger partial charge in [-0.05, 0) is 55.8 Å². The number of benzene rings is 2. The van der Waals surface area contributed by atoms with Crippen LogP contribution in [0.5, 0.6) is 11.5 Å². The highest BCUT2D eigenvalue weighted by molar-refractivity contribution is 7.99. The van der Waals surface area contributed by atoms with Crippen LogP contribution in [0.15, 0.2) is 64.5 Å². The van der Waals surface area contributed by atoms with Gasteiger partial charge in [0.1, 0.15) is 16.3 Å². The van der Waals surface area contributed by atoms with Crippen LogP contribution in [0.1, 0.15) is 10.4 Å². The summed E-state index contributed by atoms with van der Waals surface area (Å²) in [6, 6.07) is 16.7. The predicted octanol–water partition coefficient (Wildman–Crippen LogP) is 5.13. The van der Waals surface area contributed by atoms with E-state index >= 15 is 0 Å². The van der Waals surface area contributed by atoms with Crippen LogP contribution in [0.3, 0.4) is 0 Å². The first-order valence-corrected chi connectivity index (χ1v) is 11.4. The lowest BCUT2D eigenvalue weighted by Crippen LogP contribution is -2.21. The van der Waals surface area contributed by atoms with Gasteiger partial charge in [-0.15, -0.1) is 11.3 Å². The van der Waals surface area contributed by atoms with Crippen molar-refractivity contribution in [1.29, 1.82) is 0 Å². The van der Waals surface area contributed by atoms with E-state index in [0.29, 0.717) is 22.0 Å². The molecule has 0 aliphatic heterocycles. The Balaban J connectivity index is 1.39. The summed E-state index contributed by atoms with van der Waals surface area (Å²) in [6.45, 7) is 3.92. The Morgan fingerprint density at radius 1 is 1.10 bits per heavy atom. The number of hydrogen-bond acceptors (Lipinski definition) is 6. The SMILES string of the molecule is Cc1sc2nc(SCC(=O)Nc3ccc(Oc4ccccc4)cc3)n(C)c(=O)c2c1C. The maximum Gasteiger partial charge on any atom is 0.262 e. The lowest BCUT2D eigenvalue weighted by Gasteiger charge is -2.09. The van der Waals surface area contributed by atoms with Crippen molar-refractivity contribution in [3.05, 3.63) is 75.4 Å². The van der Waals surface area contributed by atoms with Gasteiger partial charge < -0.3 is 10.1 Å². The number of nitrogens with one attached hydrogen (secondary N) is 1. The molecule has 2 aromatic carbocycles. The standard InChI is InChI=1S/C23H21N3O3S2/c1-14-15(2)31-21-20(14)22(28)26(3)23(25-21)30-13-19(27)24-16-9-11-18(12-10-16)29-17-7-5-4-6-8-17/h4-12H,13H2,1-3H3,(H,24,27). The minimum absolute atomic E-state index is 0.0798. The van der Waals surface area contributed by atoms with E-state index in [1.165, 1.54) is 27.7 Å². The minimum Gasteiger partial charge on any atom is -0.457 e. The number of aryl methyl sites for hydroxylation is 2. The maximum atomic E-state index is 12.7. The quantitative estimate of drug-likeness (QED) is 0.325. The summed E-state index contributed by atoms with van der Waals surface area (Å²) in [5.41, 5.74) is 1.57. The first-order valence-electron chi connectivity index (χ1n) is 9.64. The van der Waals surface area contributed by atoms with Gasteiger partial charge in [-0.25, -0.2) is 4.98 Å². The third kappa shape index (κ3) is 4.65. The Morgan fingerprint density at radius 3 is 2.48 bits per heavy atom. The minimum atomic E-state index is -0.172. The average molecular weight is 452 g/mol. The fourth-order valence-electron chi connectivity index (χ4n) is 3.04. The molecule has 6 nitrogen and oxygen atoms in total. The third-order valence-corrected chi connectivity index (χ3v) is 6.95. The number of thioether (sulfide) groups is 1. The van der Waals surface area contributed by atoms with Gasteiger partial charge in [0.05, 0.1) is 11.1 Å². The van der Waals surface area contributed by atoms with Crippen molar-refractivity contribution in [3.8, 4) is 11.5 Å². The zero-order valence-corrected chi connectivity index (χ0v) is 19.0. The molecule has 0 spiro atoms.